The van der Waals surface area contributed by atoms with Crippen molar-refractivity contribution < 1.29 is 9.18 Å². The summed E-state index contributed by atoms with van der Waals surface area (Å²) in [6.07, 6.45) is 6.70. The molecule has 1 saturated heterocycles. The number of benzene rings is 1. The van der Waals surface area contributed by atoms with Crippen LogP contribution in [-0.4, -0.2) is 45.7 Å². The van der Waals surface area contributed by atoms with Crippen molar-refractivity contribution in [2.45, 2.75) is 12.8 Å². The van der Waals surface area contributed by atoms with E-state index in [0.717, 1.165) is 18.4 Å². The molecule has 5 N–H and O–H groups in total. The van der Waals surface area contributed by atoms with Crippen LogP contribution in [0.1, 0.15) is 23.5 Å². The Morgan fingerprint density at radius 3 is 2.86 bits per heavy atom. The fraction of sp³-hybridized carbons (Fsp3) is 0.316. The minimum Gasteiger partial charge on any atom is -0.367 e. The molecule has 9 heteroatoms. The number of piperidine rings is 1. The van der Waals surface area contributed by atoms with E-state index in [9.17, 15) is 9.18 Å². The second-order valence-electron chi connectivity index (χ2n) is 6.89. The number of amides is 1. The number of para-hydroxylation sites is 1. The number of imidazole rings is 1. The van der Waals surface area contributed by atoms with Crippen molar-refractivity contribution in [3.8, 4) is 11.3 Å². The molecule has 146 valence electrons. The fourth-order valence-corrected chi connectivity index (χ4v) is 3.49. The molecule has 0 saturated carbocycles. The summed E-state index contributed by atoms with van der Waals surface area (Å²) >= 11 is 0. The molecule has 1 aliphatic rings. The van der Waals surface area contributed by atoms with E-state index in [-0.39, 0.29) is 11.6 Å². The van der Waals surface area contributed by atoms with Gasteiger partial charge in [0.25, 0.3) is 5.91 Å². The lowest BCUT2D eigenvalue weighted by molar-refractivity contribution is 0.101. The largest absolute Gasteiger partial charge is 0.367 e. The molecule has 0 spiro atoms. The van der Waals surface area contributed by atoms with Crippen LogP contribution in [-0.2, 0) is 0 Å². The van der Waals surface area contributed by atoms with Crippen LogP contribution in [0.5, 0.6) is 0 Å². The van der Waals surface area contributed by atoms with Gasteiger partial charge in [-0.1, -0.05) is 6.07 Å². The molecule has 0 atom stereocenters. The standard InChI is InChI=1S/C19H22FN7O/c20-14-2-1-3-15(17(14)27-6-4-12(8-21)5-7-27)26-19(28)18-22-11-16(25-18)13-9-23-24-10-13/h1-3,9-12H,4-8,21H2,(H,22,25)(H,23,24)(H,26,28). The van der Waals surface area contributed by atoms with Gasteiger partial charge in [-0.05, 0) is 37.4 Å². The lowest BCUT2D eigenvalue weighted by Gasteiger charge is -2.34. The summed E-state index contributed by atoms with van der Waals surface area (Å²) in [6, 6.07) is 4.69. The predicted molar refractivity (Wildman–Crippen MR) is 105 cm³/mol. The topological polar surface area (TPSA) is 116 Å². The summed E-state index contributed by atoms with van der Waals surface area (Å²) in [7, 11) is 0. The van der Waals surface area contributed by atoms with Crippen LogP contribution >= 0.6 is 0 Å². The summed E-state index contributed by atoms with van der Waals surface area (Å²) in [5, 5.41) is 9.37. The first-order valence-corrected chi connectivity index (χ1v) is 9.24. The number of hydrogen-bond acceptors (Lipinski definition) is 5. The van der Waals surface area contributed by atoms with Crippen LogP contribution < -0.4 is 16.0 Å². The minimum atomic E-state index is -0.432. The van der Waals surface area contributed by atoms with Gasteiger partial charge in [0.05, 0.1) is 29.5 Å². The van der Waals surface area contributed by atoms with Crippen LogP contribution in [0.15, 0.2) is 36.8 Å². The number of aromatic nitrogens is 4. The first-order valence-electron chi connectivity index (χ1n) is 9.24. The number of hydrogen-bond donors (Lipinski definition) is 4. The third-order valence-corrected chi connectivity index (χ3v) is 5.10. The van der Waals surface area contributed by atoms with E-state index >= 15 is 0 Å². The molecule has 0 aliphatic carbocycles. The highest BCUT2D eigenvalue weighted by Gasteiger charge is 2.24. The van der Waals surface area contributed by atoms with Crippen LogP contribution in [0.2, 0.25) is 0 Å². The van der Waals surface area contributed by atoms with Crippen molar-refractivity contribution in [3.05, 3.63) is 48.4 Å². The quantitative estimate of drug-likeness (QED) is 0.540. The molecular formula is C19H22FN7O. The molecule has 0 radical (unpaired) electrons. The van der Waals surface area contributed by atoms with Crippen LogP contribution in [0.4, 0.5) is 15.8 Å². The highest BCUT2D eigenvalue weighted by Crippen LogP contribution is 2.32. The summed E-state index contributed by atoms with van der Waals surface area (Å²) in [4.78, 5) is 21.7. The minimum absolute atomic E-state index is 0.147. The molecule has 2 aromatic heterocycles. The highest BCUT2D eigenvalue weighted by atomic mass is 19.1. The molecule has 1 aromatic carbocycles. The van der Waals surface area contributed by atoms with E-state index in [0.29, 0.717) is 42.6 Å². The lowest BCUT2D eigenvalue weighted by atomic mass is 9.96. The Hall–Kier alpha value is -3.20. The Balaban J connectivity index is 1.53. The summed E-state index contributed by atoms with van der Waals surface area (Å²) in [5.74, 6) is -0.181. The van der Waals surface area contributed by atoms with Crippen LogP contribution in [0, 0.1) is 11.7 Å². The Labute approximate surface area is 161 Å². The smallest absolute Gasteiger partial charge is 0.291 e. The number of nitrogens with one attached hydrogen (secondary N) is 3. The maximum atomic E-state index is 14.6. The highest BCUT2D eigenvalue weighted by molar-refractivity contribution is 6.04. The number of carbonyl (C=O) groups is 1. The van der Waals surface area contributed by atoms with Gasteiger partial charge in [-0.25, -0.2) is 9.37 Å². The van der Waals surface area contributed by atoms with Gasteiger partial charge in [0, 0.05) is 24.8 Å². The molecule has 1 amide bonds. The van der Waals surface area contributed by atoms with Crippen LogP contribution in [0.3, 0.4) is 0 Å². The maximum absolute atomic E-state index is 14.6. The van der Waals surface area contributed by atoms with E-state index in [4.69, 9.17) is 5.73 Å². The second kappa shape index (κ2) is 7.81. The van der Waals surface area contributed by atoms with Crippen LogP contribution in [0.25, 0.3) is 11.3 Å². The SMILES string of the molecule is NCC1CCN(c2c(F)cccc2NC(=O)c2ncc(-c3cn[nH]c3)[nH]2)CC1. The molecule has 8 nitrogen and oxygen atoms in total. The average Bonchev–Trinajstić information content (AvgIpc) is 3.40. The summed E-state index contributed by atoms with van der Waals surface area (Å²) < 4.78 is 14.6. The maximum Gasteiger partial charge on any atom is 0.291 e. The van der Waals surface area contributed by atoms with Gasteiger partial charge in [-0.3, -0.25) is 9.89 Å². The van der Waals surface area contributed by atoms with E-state index in [1.165, 1.54) is 6.07 Å². The molecule has 1 fully saturated rings. The molecule has 3 aromatic rings. The van der Waals surface area contributed by atoms with Crippen molar-refractivity contribution in [1.82, 2.24) is 20.2 Å². The molecule has 0 bridgehead atoms. The number of H-pyrrole nitrogens is 2. The third-order valence-electron chi connectivity index (χ3n) is 5.10. The zero-order valence-electron chi connectivity index (χ0n) is 15.3. The van der Waals surface area contributed by atoms with Gasteiger partial charge >= 0.3 is 0 Å². The molecule has 0 unspecified atom stereocenters. The Bertz CT molecular complexity index is 945. The first kappa shape index (κ1) is 18.2. The van der Waals surface area contributed by atoms with Gasteiger partial charge in [-0.15, -0.1) is 0 Å². The van der Waals surface area contributed by atoms with Crippen molar-refractivity contribution in [3.63, 3.8) is 0 Å². The Morgan fingerprint density at radius 1 is 1.32 bits per heavy atom. The number of halogens is 1. The molecule has 1 aliphatic heterocycles. The second-order valence-corrected chi connectivity index (χ2v) is 6.89. The lowest BCUT2D eigenvalue weighted by Crippen LogP contribution is -2.37. The van der Waals surface area contributed by atoms with Gasteiger partial charge in [0.2, 0.25) is 0 Å². The average molecular weight is 383 g/mol. The van der Waals surface area contributed by atoms with Gasteiger partial charge in [0.1, 0.15) is 5.82 Å². The van der Waals surface area contributed by atoms with E-state index in [1.807, 2.05) is 4.90 Å². The Kier molecular flexibility index (Phi) is 5.07. The molecule has 28 heavy (non-hydrogen) atoms. The van der Waals surface area contributed by atoms with Crippen molar-refractivity contribution in [1.29, 1.82) is 0 Å². The molecular weight excluding hydrogens is 361 g/mol. The van der Waals surface area contributed by atoms with Gasteiger partial charge < -0.3 is 20.9 Å². The van der Waals surface area contributed by atoms with E-state index in [2.05, 4.69) is 25.5 Å². The molecule has 4 rings (SSSR count). The number of anilines is 2. The first-order chi connectivity index (χ1) is 13.7. The number of aromatic amines is 2. The van der Waals surface area contributed by atoms with Crippen molar-refractivity contribution in [2.24, 2.45) is 11.7 Å². The number of rotatable bonds is 5. The summed E-state index contributed by atoms with van der Waals surface area (Å²) in [5.41, 5.74) is 8.05. The fourth-order valence-electron chi connectivity index (χ4n) is 3.49. The number of nitrogens with two attached hydrogens (primary N) is 1. The summed E-state index contributed by atoms with van der Waals surface area (Å²) in [6.45, 7) is 2.06. The number of nitrogens with zero attached hydrogens (tertiary/aromatic N) is 3. The van der Waals surface area contributed by atoms with Crippen molar-refractivity contribution in [2.75, 3.05) is 29.9 Å². The van der Waals surface area contributed by atoms with Crippen molar-refractivity contribution >= 4 is 17.3 Å². The zero-order chi connectivity index (χ0) is 19.5. The third kappa shape index (κ3) is 3.61. The predicted octanol–water partition coefficient (Wildman–Crippen LogP) is 2.37. The monoisotopic (exact) mass is 383 g/mol. The Morgan fingerprint density at radius 2 is 2.14 bits per heavy atom. The number of carbonyl (C=O) groups excluding carboxylic acids is 1. The zero-order valence-corrected chi connectivity index (χ0v) is 15.3. The van der Waals surface area contributed by atoms with E-state index in [1.54, 1.807) is 30.7 Å². The molecule has 3 heterocycles. The normalized spacial score (nSPS) is 15.0. The van der Waals surface area contributed by atoms with E-state index < -0.39 is 5.91 Å². The van der Waals surface area contributed by atoms with Gasteiger partial charge in [0.15, 0.2) is 5.82 Å². The van der Waals surface area contributed by atoms with Gasteiger partial charge in [-0.2, -0.15) is 5.10 Å².